The fourth-order valence-electron chi connectivity index (χ4n) is 9.09. The van der Waals surface area contributed by atoms with Gasteiger partial charge in [-0.2, -0.15) is 0 Å². The summed E-state index contributed by atoms with van der Waals surface area (Å²) >= 11 is 0. The second-order valence-electron chi connectivity index (χ2n) is 13.2. The van der Waals surface area contributed by atoms with Crippen LogP contribution in [0.25, 0.3) is 0 Å². The van der Waals surface area contributed by atoms with Crippen molar-refractivity contribution in [1.29, 1.82) is 0 Å². The molecule has 0 aliphatic heterocycles. The lowest BCUT2D eigenvalue weighted by molar-refractivity contribution is -0.0560. The zero-order valence-corrected chi connectivity index (χ0v) is 22.8. The molecule has 177 valence electrons. The van der Waals surface area contributed by atoms with Crippen molar-refractivity contribution in [1.82, 2.24) is 0 Å². The van der Waals surface area contributed by atoms with E-state index in [-0.39, 0.29) is 0 Å². The Kier molecular flexibility index (Phi) is 7.20. The van der Waals surface area contributed by atoms with Gasteiger partial charge in [-0.15, -0.1) is 0 Å². The van der Waals surface area contributed by atoms with E-state index >= 15 is 0 Å². The highest BCUT2D eigenvalue weighted by molar-refractivity contribution is 6.48. The molecule has 0 aromatic rings. The molecular weight excluding hydrogens is 392 g/mol. The average molecular weight is 444 g/mol. The molecule has 3 fully saturated rings. The largest absolute Gasteiger partial charge is 0.414 e. The van der Waals surface area contributed by atoms with Gasteiger partial charge in [-0.3, -0.25) is 0 Å². The van der Waals surface area contributed by atoms with Gasteiger partial charge in [-0.1, -0.05) is 65.5 Å². The van der Waals surface area contributed by atoms with E-state index < -0.39 is 9.04 Å². The van der Waals surface area contributed by atoms with Gasteiger partial charge in [0.15, 0.2) is 0 Å². The third kappa shape index (κ3) is 4.51. The quantitative estimate of drug-likeness (QED) is 0.282. The highest BCUT2D eigenvalue weighted by Crippen LogP contribution is 2.67. The zero-order chi connectivity index (χ0) is 22.4. The van der Waals surface area contributed by atoms with Crippen molar-refractivity contribution in [2.75, 3.05) is 0 Å². The van der Waals surface area contributed by atoms with Crippen LogP contribution >= 0.6 is 0 Å². The summed E-state index contributed by atoms with van der Waals surface area (Å²) in [5, 5.41) is 0. The van der Waals surface area contributed by atoms with Crippen molar-refractivity contribution in [2.24, 2.45) is 46.3 Å². The smallest absolute Gasteiger partial charge is 0.205 e. The minimum Gasteiger partial charge on any atom is -0.414 e. The molecule has 2 heteroatoms. The fourth-order valence-corrected chi connectivity index (χ4v) is 9.95. The molecule has 0 spiro atoms. The monoisotopic (exact) mass is 443 g/mol. The zero-order valence-electron chi connectivity index (χ0n) is 21.8. The van der Waals surface area contributed by atoms with Gasteiger partial charge in [0.2, 0.25) is 9.04 Å². The Labute approximate surface area is 195 Å². The fraction of sp³-hybridized carbons (Fsp3) is 0.931. The maximum absolute atomic E-state index is 6.35. The second kappa shape index (κ2) is 9.28. The summed E-state index contributed by atoms with van der Waals surface area (Å²) < 4.78 is 6.35. The standard InChI is InChI=1S/C29H51OSi/c1-20(2)9-8-10-21(3)25-13-14-26-24-12-11-22-19-23(30-31(6)7)15-17-28(22,4)27(24)16-18-29(25,26)5/h11,20-21,23-27H,8-10,12-19H2,1-7H3/t21?,23-,24?,25?,26?,27?,28?,29?/m1/s1. The molecular formula is C29H51OSi. The second-order valence-corrected chi connectivity index (χ2v) is 15.2. The van der Waals surface area contributed by atoms with E-state index in [9.17, 15) is 0 Å². The van der Waals surface area contributed by atoms with Crippen LogP contribution < -0.4 is 0 Å². The summed E-state index contributed by atoms with van der Waals surface area (Å²) in [5.74, 6) is 5.63. The topological polar surface area (TPSA) is 9.23 Å². The molecule has 1 nitrogen and oxygen atoms in total. The van der Waals surface area contributed by atoms with Gasteiger partial charge >= 0.3 is 0 Å². The van der Waals surface area contributed by atoms with E-state index in [2.05, 4.69) is 53.8 Å². The normalized spacial score (nSPS) is 43.4. The molecule has 0 N–H and O–H groups in total. The summed E-state index contributed by atoms with van der Waals surface area (Å²) in [6, 6.07) is 0. The third-order valence-electron chi connectivity index (χ3n) is 10.7. The summed E-state index contributed by atoms with van der Waals surface area (Å²) in [5.41, 5.74) is 2.87. The van der Waals surface area contributed by atoms with Crippen LogP contribution in [0.3, 0.4) is 0 Å². The molecule has 3 saturated carbocycles. The minimum atomic E-state index is -0.586. The third-order valence-corrected chi connectivity index (χ3v) is 11.5. The van der Waals surface area contributed by atoms with Crippen molar-refractivity contribution in [2.45, 2.75) is 124 Å². The molecule has 4 aliphatic rings. The Morgan fingerprint density at radius 2 is 1.77 bits per heavy atom. The van der Waals surface area contributed by atoms with Gasteiger partial charge < -0.3 is 4.43 Å². The first-order valence-corrected chi connectivity index (χ1v) is 16.2. The minimum absolute atomic E-state index is 0.472. The predicted octanol–water partition coefficient (Wildman–Crippen LogP) is 8.66. The molecule has 1 radical (unpaired) electrons. The van der Waals surface area contributed by atoms with Crippen LogP contribution in [0.1, 0.15) is 105 Å². The van der Waals surface area contributed by atoms with Crippen molar-refractivity contribution in [3.05, 3.63) is 11.6 Å². The highest BCUT2D eigenvalue weighted by atomic mass is 28.3. The molecule has 0 saturated heterocycles. The average Bonchev–Trinajstić information content (AvgIpc) is 3.05. The van der Waals surface area contributed by atoms with Gasteiger partial charge in [0.25, 0.3) is 0 Å². The van der Waals surface area contributed by atoms with Crippen LogP contribution in [-0.2, 0) is 4.43 Å². The van der Waals surface area contributed by atoms with Crippen LogP contribution in [-0.4, -0.2) is 15.1 Å². The Bertz CT molecular complexity index is 653. The van der Waals surface area contributed by atoms with Gasteiger partial charge in [0.1, 0.15) is 0 Å². The number of hydrogen-bond acceptors (Lipinski definition) is 1. The molecule has 31 heavy (non-hydrogen) atoms. The molecule has 0 aromatic heterocycles. The van der Waals surface area contributed by atoms with Gasteiger partial charge in [0, 0.05) is 6.10 Å². The van der Waals surface area contributed by atoms with E-state index in [1.54, 1.807) is 5.57 Å². The molecule has 8 atom stereocenters. The Morgan fingerprint density at radius 3 is 2.48 bits per heavy atom. The highest BCUT2D eigenvalue weighted by Gasteiger charge is 2.59. The molecule has 4 rings (SSSR count). The predicted molar refractivity (Wildman–Crippen MR) is 135 cm³/mol. The van der Waals surface area contributed by atoms with E-state index in [0.717, 1.165) is 35.5 Å². The van der Waals surface area contributed by atoms with Crippen molar-refractivity contribution < 1.29 is 4.43 Å². The maximum atomic E-state index is 6.35. The Hall–Kier alpha value is -0.0831. The van der Waals surface area contributed by atoms with E-state index in [4.69, 9.17) is 4.43 Å². The number of fused-ring (bicyclic) bond motifs is 5. The van der Waals surface area contributed by atoms with Crippen LogP contribution in [0.5, 0.6) is 0 Å². The molecule has 0 heterocycles. The lowest BCUT2D eigenvalue weighted by Gasteiger charge is -2.58. The lowest BCUT2D eigenvalue weighted by atomic mass is 9.47. The number of rotatable bonds is 7. The summed E-state index contributed by atoms with van der Waals surface area (Å²) in [7, 11) is -0.586. The molecule has 4 aliphatic carbocycles. The summed E-state index contributed by atoms with van der Waals surface area (Å²) in [6.45, 7) is 17.3. The SMILES string of the molecule is CC(C)CCCC(C)C1CCC2C3CC=C4C[C@H](O[Si](C)C)CCC4(C)C3CCC12C. The molecule has 0 amide bonds. The van der Waals surface area contributed by atoms with E-state index in [0.29, 0.717) is 16.9 Å². The first-order chi connectivity index (χ1) is 14.6. The van der Waals surface area contributed by atoms with Crippen LogP contribution in [0.15, 0.2) is 11.6 Å². The van der Waals surface area contributed by atoms with Crippen molar-refractivity contribution in [3.63, 3.8) is 0 Å². The van der Waals surface area contributed by atoms with Crippen LogP contribution in [0.2, 0.25) is 13.1 Å². The maximum Gasteiger partial charge on any atom is 0.205 e. The summed E-state index contributed by atoms with van der Waals surface area (Å²) in [6.07, 6.45) is 18.8. The first-order valence-electron chi connectivity index (χ1n) is 13.8. The van der Waals surface area contributed by atoms with Crippen molar-refractivity contribution in [3.8, 4) is 0 Å². The van der Waals surface area contributed by atoms with Gasteiger partial charge in [-0.25, -0.2) is 0 Å². The molecule has 7 unspecified atom stereocenters. The Morgan fingerprint density at radius 1 is 1.00 bits per heavy atom. The lowest BCUT2D eigenvalue weighted by Crippen LogP contribution is -2.51. The Balaban J connectivity index is 1.46. The van der Waals surface area contributed by atoms with Crippen LogP contribution in [0.4, 0.5) is 0 Å². The summed E-state index contributed by atoms with van der Waals surface area (Å²) in [4.78, 5) is 0. The van der Waals surface area contributed by atoms with Gasteiger partial charge in [0.05, 0.1) is 0 Å². The van der Waals surface area contributed by atoms with Crippen LogP contribution in [0, 0.1) is 46.3 Å². The van der Waals surface area contributed by atoms with Crippen molar-refractivity contribution >= 4 is 9.04 Å². The first kappa shape index (κ1) is 24.1. The van der Waals surface area contributed by atoms with Gasteiger partial charge in [-0.05, 0) is 111 Å². The number of allylic oxidation sites excluding steroid dienone is 1. The van der Waals surface area contributed by atoms with E-state index in [1.165, 1.54) is 70.6 Å². The molecule has 0 bridgehead atoms. The molecule has 0 aromatic carbocycles. The number of hydrogen-bond donors (Lipinski definition) is 0. The van der Waals surface area contributed by atoms with E-state index in [1.807, 2.05) is 0 Å².